The zero-order valence-corrected chi connectivity index (χ0v) is 13.6. The van der Waals surface area contributed by atoms with E-state index < -0.39 is 11.8 Å². The number of allylic oxidation sites excluding steroid dienone is 2. The van der Waals surface area contributed by atoms with E-state index >= 15 is 0 Å². The van der Waals surface area contributed by atoms with E-state index in [1.165, 1.54) is 44.9 Å². The summed E-state index contributed by atoms with van der Waals surface area (Å²) in [6, 6.07) is 0. The Morgan fingerprint density at radius 3 is 2.41 bits per heavy atom. The predicted molar refractivity (Wildman–Crippen MR) is 88.7 cm³/mol. The Bertz CT molecular complexity index is 416. The molecule has 1 aliphatic heterocycles. The van der Waals surface area contributed by atoms with Crippen molar-refractivity contribution in [2.24, 2.45) is 5.73 Å². The lowest BCUT2D eigenvalue weighted by atomic mass is 10.1. The summed E-state index contributed by atoms with van der Waals surface area (Å²) >= 11 is 0. The topological polar surface area (TPSA) is 75.4 Å². The van der Waals surface area contributed by atoms with Gasteiger partial charge in [0.2, 0.25) is 0 Å². The van der Waals surface area contributed by atoms with Gasteiger partial charge in [-0.25, -0.2) is 0 Å². The number of nitrogens with zero attached hydrogens (tertiary/aromatic N) is 1. The fourth-order valence-electron chi connectivity index (χ4n) is 2.50. The average molecular weight is 307 g/mol. The van der Waals surface area contributed by atoms with Crippen molar-refractivity contribution in [2.45, 2.75) is 58.3 Å². The molecule has 0 aromatic carbocycles. The van der Waals surface area contributed by atoms with E-state index in [2.05, 4.69) is 17.1 Å². The average Bonchev–Trinajstić information content (AvgIpc) is 2.50. The Morgan fingerprint density at radius 2 is 1.77 bits per heavy atom. The Kier molecular flexibility index (Phi) is 9.03. The lowest BCUT2D eigenvalue weighted by Crippen LogP contribution is -2.39. The number of amides is 2. The number of nitrogens with one attached hydrogen (secondary N) is 1. The highest BCUT2D eigenvalue weighted by Gasteiger charge is 2.13. The predicted octanol–water partition coefficient (Wildman–Crippen LogP) is 2.44. The van der Waals surface area contributed by atoms with Gasteiger partial charge in [0.1, 0.15) is 0 Å². The van der Waals surface area contributed by atoms with Crippen molar-refractivity contribution >= 4 is 11.8 Å². The normalized spacial score (nSPS) is 13.9. The van der Waals surface area contributed by atoms with Gasteiger partial charge in [-0.15, -0.1) is 0 Å². The number of hydrogen-bond donors (Lipinski definition) is 2. The molecule has 0 saturated heterocycles. The first-order valence-corrected chi connectivity index (χ1v) is 8.35. The van der Waals surface area contributed by atoms with Crippen molar-refractivity contribution in [3.63, 3.8) is 0 Å². The molecule has 0 fully saturated rings. The number of carbonyl (C=O) groups is 2. The fourth-order valence-corrected chi connectivity index (χ4v) is 2.50. The molecule has 5 heteroatoms. The molecular weight excluding hydrogens is 278 g/mol. The Hall–Kier alpha value is -1.78. The van der Waals surface area contributed by atoms with Crippen LogP contribution in [0.1, 0.15) is 58.3 Å². The number of unbranched alkanes of at least 4 members (excludes halogenated alkanes) is 7. The summed E-state index contributed by atoms with van der Waals surface area (Å²) in [5.74, 6) is -1.71. The highest BCUT2D eigenvalue weighted by molar-refractivity contribution is 6.34. The molecule has 5 nitrogen and oxygen atoms in total. The van der Waals surface area contributed by atoms with Crippen LogP contribution >= 0.6 is 0 Å². The third kappa shape index (κ3) is 7.86. The molecular formula is C17H29N3O2. The summed E-state index contributed by atoms with van der Waals surface area (Å²) in [5, 5.41) is 2.53. The summed E-state index contributed by atoms with van der Waals surface area (Å²) in [6.45, 7) is 3.82. The maximum atomic E-state index is 11.3. The number of rotatable bonds is 10. The highest BCUT2D eigenvalue weighted by atomic mass is 16.2. The summed E-state index contributed by atoms with van der Waals surface area (Å²) in [7, 11) is 0. The standard InChI is InChI=1S/C17H29N3O2/c1-2-3-4-5-6-7-8-9-12-20-13-10-11-15(14-20)19-17(22)16(18)21/h10-11,13H,2-9,12,14H2,1H3,(H2,18,21)(H,19,22). The quantitative estimate of drug-likeness (QED) is 0.481. The van der Waals surface area contributed by atoms with Crippen molar-refractivity contribution in [1.29, 1.82) is 0 Å². The molecule has 1 heterocycles. The zero-order valence-electron chi connectivity index (χ0n) is 13.6. The van der Waals surface area contributed by atoms with Gasteiger partial charge in [0.05, 0.1) is 6.54 Å². The Labute approximate surface area is 133 Å². The molecule has 124 valence electrons. The van der Waals surface area contributed by atoms with Gasteiger partial charge in [-0.3, -0.25) is 9.59 Å². The van der Waals surface area contributed by atoms with Gasteiger partial charge >= 0.3 is 11.8 Å². The van der Waals surface area contributed by atoms with Gasteiger partial charge in [0.25, 0.3) is 0 Å². The van der Waals surface area contributed by atoms with Gasteiger partial charge in [0.15, 0.2) is 0 Å². The maximum absolute atomic E-state index is 11.3. The number of carbonyl (C=O) groups excluding carboxylic acids is 2. The summed E-state index contributed by atoms with van der Waals surface area (Å²) in [4.78, 5) is 24.1. The van der Waals surface area contributed by atoms with Gasteiger partial charge in [-0.2, -0.15) is 0 Å². The van der Waals surface area contributed by atoms with Crippen LogP contribution in [0.15, 0.2) is 24.0 Å². The minimum absolute atomic E-state index is 0.617. The minimum Gasteiger partial charge on any atom is -0.372 e. The SMILES string of the molecule is CCCCCCCCCCN1C=CC=C(NC(=O)C(N)=O)C1. The second-order valence-electron chi connectivity index (χ2n) is 5.80. The first-order valence-electron chi connectivity index (χ1n) is 8.35. The second kappa shape index (κ2) is 10.9. The van der Waals surface area contributed by atoms with Gasteiger partial charge in [0, 0.05) is 12.2 Å². The van der Waals surface area contributed by atoms with E-state index in [4.69, 9.17) is 5.73 Å². The van der Waals surface area contributed by atoms with E-state index in [0.717, 1.165) is 13.0 Å². The lowest BCUT2D eigenvalue weighted by molar-refractivity contribution is -0.136. The van der Waals surface area contributed by atoms with Crippen LogP contribution in [0.2, 0.25) is 0 Å². The lowest BCUT2D eigenvalue weighted by Gasteiger charge is -2.24. The van der Waals surface area contributed by atoms with Crippen LogP contribution in [0.5, 0.6) is 0 Å². The molecule has 0 bridgehead atoms. The smallest absolute Gasteiger partial charge is 0.313 e. The molecule has 0 aromatic heterocycles. The van der Waals surface area contributed by atoms with E-state index in [1.807, 2.05) is 12.3 Å². The molecule has 1 rings (SSSR count). The van der Waals surface area contributed by atoms with E-state index in [9.17, 15) is 9.59 Å². The van der Waals surface area contributed by atoms with Gasteiger partial charge in [-0.05, 0) is 24.8 Å². The molecule has 2 amide bonds. The van der Waals surface area contributed by atoms with E-state index in [0.29, 0.717) is 12.2 Å². The zero-order chi connectivity index (χ0) is 16.2. The summed E-state index contributed by atoms with van der Waals surface area (Å²) in [6.07, 6.45) is 16.1. The molecule has 0 spiro atoms. The van der Waals surface area contributed by atoms with Gasteiger partial charge < -0.3 is 16.0 Å². The minimum atomic E-state index is -0.954. The van der Waals surface area contributed by atoms with Crippen molar-refractivity contribution < 1.29 is 9.59 Å². The van der Waals surface area contributed by atoms with Crippen LogP contribution < -0.4 is 11.1 Å². The Balaban J connectivity index is 2.10. The Morgan fingerprint density at radius 1 is 1.14 bits per heavy atom. The number of nitrogens with two attached hydrogens (primary N) is 1. The summed E-state index contributed by atoms with van der Waals surface area (Å²) < 4.78 is 0. The van der Waals surface area contributed by atoms with Crippen molar-refractivity contribution in [2.75, 3.05) is 13.1 Å². The first-order chi connectivity index (χ1) is 10.6. The second-order valence-corrected chi connectivity index (χ2v) is 5.80. The van der Waals surface area contributed by atoms with E-state index in [-0.39, 0.29) is 0 Å². The summed E-state index contributed by atoms with van der Waals surface area (Å²) in [5.41, 5.74) is 5.65. The molecule has 22 heavy (non-hydrogen) atoms. The van der Waals surface area contributed by atoms with Crippen LogP contribution in [0.3, 0.4) is 0 Å². The molecule has 0 atom stereocenters. The maximum Gasteiger partial charge on any atom is 0.313 e. The highest BCUT2D eigenvalue weighted by Crippen LogP contribution is 2.11. The van der Waals surface area contributed by atoms with Crippen LogP contribution in [0.4, 0.5) is 0 Å². The van der Waals surface area contributed by atoms with Gasteiger partial charge in [-0.1, -0.05) is 51.9 Å². The third-order valence-electron chi connectivity index (χ3n) is 3.76. The molecule has 1 aliphatic rings. The van der Waals surface area contributed by atoms with Crippen LogP contribution in [0.25, 0.3) is 0 Å². The molecule has 0 saturated carbocycles. The van der Waals surface area contributed by atoms with Crippen molar-refractivity contribution in [3.8, 4) is 0 Å². The van der Waals surface area contributed by atoms with Crippen molar-refractivity contribution in [3.05, 3.63) is 24.0 Å². The van der Waals surface area contributed by atoms with Crippen molar-refractivity contribution in [1.82, 2.24) is 10.2 Å². The molecule has 3 N–H and O–H groups in total. The van der Waals surface area contributed by atoms with Crippen LogP contribution in [-0.2, 0) is 9.59 Å². The monoisotopic (exact) mass is 307 g/mol. The number of hydrogen-bond acceptors (Lipinski definition) is 3. The largest absolute Gasteiger partial charge is 0.372 e. The van der Waals surface area contributed by atoms with E-state index in [1.54, 1.807) is 6.08 Å². The first kappa shape index (κ1) is 18.3. The molecule has 0 unspecified atom stereocenters. The van der Waals surface area contributed by atoms with Crippen LogP contribution in [-0.4, -0.2) is 29.8 Å². The molecule has 0 aromatic rings. The molecule has 0 radical (unpaired) electrons. The fraction of sp³-hybridized carbons (Fsp3) is 0.647. The van der Waals surface area contributed by atoms with Crippen LogP contribution in [0, 0.1) is 0 Å². The number of primary amides is 1. The molecule has 0 aliphatic carbocycles. The third-order valence-corrected chi connectivity index (χ3v) is 3.76.